The molecule has 0 aromatic carbocycles. The molecule has 0 bridgehead atoms. The van der Waals surface area contributed by atoms with E-state index >= 15 is 0 Å². The molecule has 0 amide bonds. The van der Waals surface area contributed by atoms with Gasteiger partial charge < -0.3 is 0 Å². The van der Waals surface area contributed by atoms with Crippen molar-refractivity contribution in [2.45, 2.75) is 38.0 Å². The van der Waals surface area contributed by atoms with Gasteiger partial charge in [-0.1, -0.05) is 6.92 Å². The summed E-state index contributed by atoms with van der Waals surface area (Å²) in [6.07, 6.45) is 3.67. The molecular formula is C9H18ClNO2S. The summed E-state index contributed by atoms with van der Waals surface area (Å²) < 4.78 is 25.3. The molecule has 5 heteroatoms. The lowest BCUT2D eigenvalue weighted by molar-refractivity contribution is 0.519. The fourth-order valence-corrected chi connectivity index (χ4v) is 3.33. The number of halogens is 1. The number of hydrogen-bond donors (Lipinski definition) is 1. The van der Waals surface area contributed by atoms with E-state index in [2.05, 4.69) is 4.72 Å². The highest BCUT2D eigenvalue weighted by Crippen LogP contribution is 2.28. The zero-order valence-electron chi connectivity index (χ0n) is 8.50. The van der Waals surface area contributed by atoms with Crippen molar-refractivity contribution in [1.82, 2.24) is 4.72 Å². The quantitative estimate of drug-likeness (QED) is 0.743. The van der Waals surface area contributed by atoms with Crippen molar-refractivity contribution < 1.29 is 8.42 Å². The second-order valence-corrected chi connectivity index (χ2v) is 6.49. The molecule has 2 unspecified atom stereocenters. The Morgan fingerprint density at radius 1 is 1.43 bits per heavy atom. The van der Waals surface area contributed by atoms with E-state index in [9.17, 15) is 8.42 Å². The van der Waals surface area contributed by atoms with Crippen LogP contribution < -0.4 is 4.72 Å². The fourth-order valence-electron chi connectivity index (χ4n) is 1.79. The molecule has 1 saturated carbocycles. The lowest BCUT2D eigenvalue weighted by Gasteiger charge is -2.10. The molecule has 0 aromatic rings. The van der Waals surface area contributed by atoms with Crippen molar-refractivity contribution >= 4 is 21.6 Å². The Labute approximate surface area is 91.3 Å². The molecular weight excluding hydrogens is 222 g/mol. The molecule has 0 heterocycles. The second kappa shape index (κ2) is 5.33. The summed E-state index contributed by atoms with van der Waals surface area (Å²) in [4.78, 5) is 0. The lowest BCUT2D eigenvalue weighted by atomic mass is 10.1. The van der Waals surface area contributed by atoms with E-state index in [1.165, 1.54) is 0 Å². The molecule has 0 radical (unpaired) electrons. The van der Waals surface area contributed by atoms with Gasteiger partial charge in [0, 0.05) is 11.9 Å². The molecule has 3 nitrogen and oxygen atoms in total. The molecule has 0 saturated heterocycles. The van der Waals surface area contributed by atoms with Gasteiger partial charge in [-0.15, -0.1) is 11.6 Å². The summed E-state index contributed by atoms with van der Waals surface area (Å²) in [5.41, 5.74) is 0. The first-order valence-corrected chi connectivity index (χ1v) is 7.23. The van der Waals surface area contributed by atoms with Crippen molar-refractivity contribution in [1.29, 1.82) is 0 Å². The van der Waals surface area contributed by atoms with E-state index < -0.39 is 10.0 Å². The molecule has 0 spiro atoms. The Morgan fingerprint density at radius 3 is 2.64 bits per heavy atom. The first-order valence-electron chi connectivity index (χ1n) is 5.15. The first kappa shape index (κ1) is 12.3. The fraction of sp³-hybridized carbons (Fsp3) is 1.00. The molecule has 1 aliphatic rings. The minimum atomic E-state index is -3.03. The number of sulfonamides is 1. The SMILES string of the molecule is CCCS(=O)(=O)NCC1CCC(Cl)C1. The van der Waals surface area contributed by atoms with Gasteiger partial charge in [0.05, 0.1) is 5.75 Å². The predicted molar refractivity (Wildman–Crippen MR) is 59.1 cm³/mol. The van der Waals surface area contributed by atoms with E-state index in [-0.39, 0.29) is 11.1 Å². The second-order valence-electron chi connectivity index (χ2n) is 3.94. The van der Waals surface area contributed by atoms with Gasteiger partial charge in [0.25, 0.3) is 0 Å². The van der Waals surface area contributed by atoms with Crippen LogP contribution in [0.25, 0.3) is 0 Å². The highest BCUT2D eigenvalue weighted by atomic mass is 35.5. The van der Waals surface area contributed by atoms with Crippen LogP contribution in [0.1, 0.15) is 32.6 Å². The lowest BCUT2D eigenvalue weighted by Crippen LogP contribution is -2.30. The largest absolute Gasteiger partial charge is 0.215 e. The summed E-state index contributed by atoms with van der Waals surface area (Å²) in [7, 11) is -3.03. The summed E-state index contributed by atoms with van der Waals surface area (Å²) >= 11 is 5.94. The number of alkyl halides is 1. The third-order valence-corrected chi connectivity index (χ3v) is 4.49. The maximum atomic E-state index is 11.3. The van der Waals surface area contributed by atoms with Crippen LogP contribution >= 0.6 is 11.6 Å². The van der Waals surface area contributed by atoms with Gasteiger partial charge in [0.15, 0.2) is 0 Å². The van der Waals surface area contributed by atoms with Crippen molar-refractivity contribution in [3.8, 4) is 0 Å². The van der Waals surface area contributed by atoms with E-state index in [0.29, 0.717) is 18.9 Å². The van der Waals surface area contributed by atoms with Crippen molar-refractivity contribution in [2.75, 3.05) is 12.3 Å². The van der Waals surface area contributed by atoms with Gasteiger partial charge in [-0.25, -0.2) is 13.1 Å². The number of hydrogen-bond acceptors (Lipinski definition) is 2. The summed E-state index contributed by atoms with van der Waals surface area (Å²) in [5, 5.41) is 0.246. The van der Waals surface area contributed by atoms with Crippen LogP contribution in [-0.4, -0.2) is 26.1 Å². The van der Waals surface area contributed by atoms with Gasteiger partial charge in [-0.3, -0.25) is 0 Å². The normalized spacial score (nSPS) is 28.1. The number of rotatable bonds is 5. The zero-order chi connectivity index (χ0) is 10.6. The molecule has 1 fully saturated rings. The van der Waals surface area contributed by atoms with Crippen LogP contribution in [-0.2, 0) is 10.0 Å². The van der Waals surface area contributed by atoms with Crippen LogP contribution in [0.5, 0.6) is 0 Å². The topological polar surface area (TPSA) is 46.2 Å². The minimum Gasteiger partial charge on any atom is -0.215 e. The molecule has 14 heavy (non-hydrogen) atoms. The summed E-state index contributed by atoms with van der Waals surface area (Å²) in [6, 6.07) is 0. The molecule has 1 rings (SSSR count). The van der Waals surface area contributed by atoms with E-state index in [1.54, 1.807) is 0 Å². The maximum absolute atomic E-state index is 11.3. The Kier molecular flexibility index (Phi) is 4.67. The highest BCUT2D eigenvalue weighted by molar-refractivity contribution is 7.89. The van der Waals surface area contributed by atoms with Crippen molar-refractivity contribution in [3.05, 3.63) is 0 Å². The highest BCUT2D eigenvalue weighted by Gasteiger charge is 2.23. The van der Waals surface area contributed by atoms with Gasteiger partial charge in [0.1, 0.15) is 0 Å². The Hall–Kier alpha value is 0.200. The molecule has 0 aromatic heterocycles. The zero-order valence-corrected chi connectivity index (χ0v) is 10.1. The summed E-state index contributed by atoms with van der Waals surface area (Å²) in [6.45, 7) is 2.43. The van der Waals surface area contributed by atoms with Gasteiger partial charge >= 0.3 is 0 Å². The Morgan fingerprint density at radius 2 is 2.14 bits per heavy atom. The Bertz CT molecular complexity index is 266. The maximum Gasteiger partial charge on any atom is 0.211 e. The van der Waals surface area contributed by atoms with Gasteiger partial charge in [0.2, 0.25) is 10.0 Å². The molecule has 84 valence electrons. The molecule has 2 atom stereocenters. The molecule has 0 aliphatic heterocycles. The average molecular weight is 240 g/mol. The van der Waals surface area contributed by atoms with Crippen LogP contribution in [0.2, 0.25) is 0 Å². The van der Waals surface area contributed by atoms with E-state index in [0.717, 1.165) is 19.3 Å². The minimum absolute atomic E-state index is 0.226. The molecule has 1 N–H and O–H groups in total. The van der Waals surface area contributed by atoms with Crippen LogP contribution in [0.4, 0.5) is 0 Å². The standard InChI is InChI=1S/C9H18ClNO2S/c1-2-5-14(12,13)11-7-8-3-4-9(10)6-8/h8-9,11H,2-7H2,1H3. The van der Waals surface area contributed by atoms with Crippen LogP contribution in [0.15, 0.2) is 0 Å². The smallest absolute Gasteiger partial charge is 0.211 e. The van der Waals surface area contributed by atoms with Crippen molar-refractivity contribution in [2.24, 2.45) is 5.92 Å². The van der Waals surface area contributed by atoms with Gasteiger partial charge in [-0.2, -0.15) is 0 Å². The van der Waals surface area contributed by atoms with Crippen molar-refractivity contribution in [3.63, 3.8) is 0 Å². The van der Waals surface area contributed by atoms with Crippen LogP contribution in [0.3, 0.4) is 0 Å². The average Bonchev–Trinajstić information content (AvgIpc) is 2.48. The molecule has 1 aliphatic carbocycles. The predicted octanol–water partition coefficient (Wildman–Crippen LogP) is 1.72. The van der Waals surface area contributed by atoms with Gasteiger partial charge in [-0.05, 0) is 31.6 Å². The monoisotopic (exact) mass is 239 g/mol. The third-order valence-electron chi connectivity index (χ3n) is 2.54. The third kappa shape index (κ3) is 4.15. The Balaban J connectivity index is 2.26. The van der Waals surface area contributed by atoms with E-state index in [1.807, 2.05) is 6.92 Å². The van der Waals surface area contributed by atoms with Crippen LogP contribution in [0, 0.1) is 5.92 Å². The number of nitrogens with one attached hydrogen (secondary N) is 1. The van der Waals surface area contributed by atoms with E-state index in [4.69, 9.17) is 11.6 Å². The first-order chi connectivity index (χ1) is 6.53. The summed E-state index contributed by atoms with van der Waals surface area (Å²) in [5.74, 6) is 0.661.